The van der Waals surface area contributed by atoms with Crippen LogP contribution in [0.2, 0.25) is 0 Å². The van der Waals surface area contributed by atoms with Gasteiger partial charge in [0.15, 0.2) is 5.78 Å². The first kappa shape index (κ1) is 29.3. The van der Waals surface area contributed by atoms with E-state index < -0.39 is 11.6 Å². The largest absolute Gasteiger partial charge is 1.00 e. The number of pyridine rings is 2. The van der Waals surface area contributed by atoms with E-state index in [2.05, 4.69) is 9.97 Å². The molecule has 0 bridgehead atoms. The molecule has 1 saturated carbocycles. The topological polar surface area (TPSA) is 122 Å². The van der Waals surface area contributed by atoms with Crippen molar-refractivity contribution in [1.29, 1.82) is 0 Å². The molecule has 0 radical (unpaired) electrons. The van der Waals surface area contributed by atoms with Gasteiger partial charge >= 0.3 is 29.6 Å². The van der Waals surface area contributed by atoms with Crippen molar-refractivity contribution < 1.29 is 58.5 Å². The molecular weight excluding hydrogens is 557 g/mol. The van der Waals surface area contributed by atoms with Gasteiger partial charge < -0.3 is 24.3 Å². The number of ketones is 1. The van der Waals surface area contributed by atoms with Gasteiger partial charge in [0, 0.05) is 77.9 Å². The average Bonchev–Trinajstić information content (AvgIpc) is 3.86. The van der Waals surface area contributed by atoms with Gasteiger partial charge in [0.25, 0.3) is 5.91 Å². The predicted octanol–water partition coefficient (Wildman–Crippen LogP) is 1.19. The molecule has 0 N–H and O–H groups in total. The molecule has 4 aromatic rings. The van der Waals surface area contributed by atoms with Gasteiger partial charge in [-0.2, -0.15) is 0 Å². The number of likely N-dealkylation sites (tertiary alicyclic amines) is 1. The molecule has 1 aliphatic carbocycles. The molecule has 10 heteroatoms. The third-order valence-corrected chi connectivity index (χ3v) is 8.66. The number of carbonyl (C=O) groups is 3. The van der Waals surface area contributed by atoms with Crippen molar-refractivity contribution in [1.82, 2.24) is 14.9 Å². The maximum absolute atomic E-state index is 13.7. The molecule has 2 aliphatic heterocycles. The van der Waals surface area contributed by atoms with Crippen molar-refractivity contribution >= 4 is 28.4 Å². The van der Waals surface area contributed by atoms with Crippen LogP contribution in [0.1, 0.15) is 74.8 Å². The number of hydrogen-bond donors (Lipinski definition) is 0. The van der Waals surface area contributed by atoms with Crippen molar-refractivity contribution in [3.05, 3.63) is 83.4 Å². The second-order valence-electron chi connectivity index (χ2n) is 11.4. The molecule has 2 fully saturated rings. The van der Waals surface area contributed by atoms with Crippen molar-refractivity contribution in [3.8, 4) is 22.6 Å². The summed E-state index contributed by atoms with van der Waals surface area (Å²) >= 11 is 0. The third kappa shape index (κ3) is 5.41. The summed E-state index contributed by atoms with van der Waals surface area (Å²) in [5.74, 6) is 0.165. The Morgan fingerprint density at radius 3 is 2.51 bits per heavy atom. The molecule has 2 aromatic heterocycles. The molecule has 2 aromatic carbocycles. The zero-order valence-corrected chi connectivity index (χ0v) is 26.1. The zero-order chi connectivity index (χ0) is 29.0. The number of benzene rings is 2. The first-order valence-corrected chi connectivity index (χ1v) is 14.1. The van der Waals surface area contributed by atoms with Crippen molar-refractivity contribution in [2.45, 2.75) is 43.6 Å². The summed E-state index contributed by atoms with van der Waals surface area (Å²) in [4.78, 5) is 48.7. The monoisotopic (exact) mass is 585 g/mol. The fraction of sp³-hybridized carbons (Fsp3) is 0.303. The number of methoxy groups -OCH3 is 1. The van der Waals surface area contributed by atoms with E-state index in [1.165, 1.54) is 12.3 Å². The van der Waals surface area contributed by atoms with Gasteiger partial charge in [0.1, 0.15) is 17.1 Å². The fourth-order valence-corrected chi connectivity index (χ4v) is 6.21. The summed E-state index contributed by atoms with van der Waals surface area (Å²) in [7, 11) is 1.62. The summed E-state index contributed by atoms with van der Waals surface area (Å²) in [6.07, 6.45) is 8.07. The van der Waals surface area contributed by atoms with Gasteiger partial charge in [-0.15, -0.1) is 0 Å². The van der Waals surface area contributed by atoms with Crippen LogP contribution in [0.25, 0.3) is 21.9 Å². The summed E-state index contributed by atoms with van der Waals surface area (Å²) in [5, 5.41) is 13.2. The minimum absolute atomic E-state index is 0. The Morgan fingerprint density at radius 1 is 1.00 bits per heavy atom. The number of carboxylic acids is 1. The number of fused-ring (bicyclic) bond motifs is 2. The van der Waals surface area contributed by atoms with E-state index in [0.29, 0.717) is 65.6 Å². The molecule has 9 nitrogen and oxygen atoms in total. The minimum Gasteiger partial charge on any atom is -0.545 e. The summed E-state index contributed by atoms with van der Waals surface area (Å²) in [6.45, 7) is 0.925. The Labute approximate surface area is 270 Å². The second-order valence-corrected chi connectivity index (χ2v) is 11.4. The van der Waals surface area contributed by atoms with Crippen LogP contribution in [-0.2, 0) is 0 Å². The molecule has 3 aliphatic rings. The first-order valence-electron chi connectivity index (χ1n) is 14.1. The van der Waals surface area contributed by atoms with Crippen LogP contribution in [0.4, 0.5) is 0 Å². The third-order valence-electron chi connectivity index (χ3n) is 8.66. The number of hydrogen-bond acceptors (Lipinski definition) is 8. The second kappa shape index (κ2) is 11.4. The molecule has 4 heterocycles. The van der Waals surface area contributed by atoms with Gasteiger partial charge in [0.05, 0.1) is 30.8 Å². The number of rotatable bonds is 5. The predicted molar refractivity (Wildman–Crippen MR) is 152 cm³/mol. The number of amides is 1. The molecule has 0 unspecified atom stereocenters. The van der Waals surface area contributed by atoms with Crippen molar-refractivity contribution in [2.24, 2.45) is 0 Å². The summed E-state index contributed by atoms with van der Waals surface area (Å²) in [5.41, 5.74) is 2.59. The zero-order valence-electron chi connectivity index (χ0n) is 24.1. The van der Waals surface area contributed by atoms with Crippen molar-refractivity contribution in [3.63, 3.8) is 0 Å². The van der Waals surface area contributed by atoms with Crippen LogP contribution >= 0.6 is 0 Å². The van der Waals surface area contributed by atoms with E-state index in [-0.39, 0.29) is 53.2 Å². The smallest absolute Gasteiger partial charge is 0.545 e. The number of aromatic nitrogens is 2. The van der Waals surface area contributed by atoms with Crippen LogP contribution in [-0.4, -0.2) is 58.3 Å². The van der Waals surface area contributed by atoms with Gasteiger partial charge in [0.2, 0.25) is 0 Å². The quantitative estimate of drug-likeness (QED) is 0.321. The standard InChI is InChI=1S/C33H29N3O6.Na/c1-41-29-15-21(14-25-24(29)6-9-35-30(25)19-2-3-19)31(38)36-10-7-33(8-11-36)16-27(37)26-13-20(4-5-28(26)42-33)22-12-23(32(39)40)18-34-17-22;/h4-6,9,12-15,17-19H,2-3,7-8,10-11,16H2,1H3,(H,39,40);/q;+1/p-1. The van der Waals surface area contributed by atoms with Crippen LogP contribution in [0.5, 0.6) is 11.5 Å². The SMILES string of the molecule is COc1cc(C(=O)N2CCC3(CC2)CC(=O)c2cc(-c4cncc(C(=O)[O-])c4)ccc2O3)cc2c(C3CC3)nccc12.[Na+]. The van der Waals surface area contributed by atoms with Crippen LogP contribution < -0.4 is 44.1 Å². The van der Waals surface area contributed by atoms with Crippen LogP contribution in [0, 0.1) is 0 Å². The Balaban J connectivity index is 0.00000329. The molecule has 1 spiro atoms. The fourth-order valence-electron chi connectivity index (χ4n) is 6.21. The number of carbonyl (C=O) groups excluding carboxylic acids is 3. The van der Waals surface area contributed by atoms with Gasteiger partial charge in [-0.1, -0.05) is 6.07 Å². The van der Waals surface area contributed by atoms with Crippen LogP contribution in [0.15, 0.2) is 61.1 Å². The van der Waals surface area contributed by atoms with Crippen molar-refractivity contribution in [2.75, 3.05) is 20.2 Å². The number of carboxylic acid groups (broad SMARTS) is 1. The number of ether oxygens (including phenoxy) is 2. The molecule has 0 atom stereocenters. The van der Waals surface area contributed by atoms with Gasteiger partial charge in [-0.05, 0) is 54.8 Å². The number of piperidine rings is 1. The summed E-state index contributed by atoms with van der Waals surface area (Å²) < 4.78 is 12.1. The number of nitrogens with zero attached hydrogens (tertiary/aromatic N) is 3. The maximum Gasteiger partial charge on any atom is 1.00 e. The molecule has 7 rings (SSSR count). The molecule has 43 heavy (non-hydrogen) atoms. The number of aromatic carboxylic acids is 1. The maximum atomic E-state index is 13.7. The molecule has 212 valence electrons. The minimum atomic E-state index is -1.31. The Morgan fingerprint density at radius 2 is 1.79 bits per heavy atom. The molecular formula is C33H28N3NaO6. The van der Waals surface area contributed by atoms with Gasteiger partial charge in [-0.3, -0.25) is 19.6 Å². The van der Waals surface area contributed by atoms with E-state index in [9.17, 15) is 19.5 Å². The van der Waals surface area contributed by atoms with E-state index in [1.807, 2.05) is 17.0 Å². The normalized spacial score (nSPS) is 17.1. The van der Waals surface area contributed by atoms with Crippen LogP contribution in [0.3, 0.4) is 0 Å². The Bertz CT molecular complexity index is 1780. The van der Waals surface area contributed by atoms with E-state index in [4.69, 9.17) is 9.47 Å². The Hall–Kier alpha value is -3.79. The van der Waals surface area contributed by atoms with Gasteiger partial charge in [-0.25, -0.2) is 0 Å². The van der Waals surface area contributed by atoms with E-state index in [0.717, 1.165) is 29.3 Å². The average molecular weight is 586 g/mol. The Kier molecular flexibility index (Phi) is 7.75. The van der Waals surface area contributed by atoms with E-state index >= 15 is 0 Å². The molecule has 1 saturated heterocycles. The number of Topliss-reactive ketones (excluding diaryl/α,β-unsaturated/α-hetero) is 1. The summed E-state index contributed by atoms with van der Waals surface area (Å²) in [6, 6.07) is 12.4. The van der Waals surface area contributed by atoms with E-state index in [1.54, 1.807) is 43.8 Å². The first-order chi connectivity index (χ1) is 20.3. The molecule has 1 amide bonds.